The lowest BCUT2D eigenvalue weighted by atomic mass is 10.0. The average Bonchev–Trinajstić information content (AvgIpc) is 3.44. The van der Waals surface area contributed by atoms with Gasteiger partial charge in [-0.25, -0.2) is 4.79 Å². The molecule has 1 N–H and O–H groups in total. The lowest BCUT2D eigenvalue weighted by molar-refractivity contribution is -0.143. The van der Waals surface area contributed by atoms with Gasteiger partial charge < -0.3 is 24.6 Å². The van der Waals surface area contributed by atoms with E-state index in [0.29, 0.717) is 25.1 Å². The highest BCUT2D eigenvalue weighted by atomic mass is 16.6. The van der Waals surface area contributed by atoms with E-state index in [4.69, 9.17) is 9.47 Å². The van der Waals surface area contributed by atoms with Crippen LogP contribution in [0, 0.1) is 0 Å². The molecule has 1 heterocycles. The summed E-state index contributed by atoms with van der Waals surface area (Å²) in [7, 11) is 0. The second kappa shape index (κ2) is 11.0. The Morgan fingerprint density at radius 1 is 1.14 bits per heavy atom. The predicted molar refractivity (Wildman–Crippen MR) is 109 cm³/mol. The SMILES string of the molecule is CCOC(=O)CCN1CCC(NCCCN(C(=O)OC(C)(C)C)C2CC2)CC1. The molecule has 1 aliphatic heterocycles. The first-order chi connectivity index (χ1) is 13.3. The third-order valence-electron chi connectivity index (χ3n) is 5.15. The number of amides is 1. The summed E-state index contributed by atoms with van der Waals surface area (Å²) in [4.78, 5) is 28.1. The highest BCUT2D eigenvalue weighted by molar-refractivity contribution is 5.69. The van der Waals surface area contributed by atoms with Gasteiger partial charge in [0.2, 0.25) is 0 Å². The van der Waals surface area contributed by atoms with Crippen molar-refractivity contribution in [3.05, 3.63) is 0 Å². The molecule has 0 bridgehead atoms. The van der Waals surface area contributed by atoms with Crippen molar-refractivity contribution in [2.75, 3.05) is 39.3 Å². The molecule has 2 aliphatic rings. The maximum Gasteiger partial charge on any atom is 0.410 e. The van der Waals surface area contributed by atoms with E-state index < -0.39 is 5.60 Å². The van der Waals surface area contributed by atoms with Gasteiger partial charge in [-0.15, -0.1) is 0 Å². The molecule has 2 rings (SSSR count). The first kappa shape index (κ1) is 22.9. The Bertz CT molecular complexity index is 494. The number of nitrogens with zero attached hydrogens (tertiary/aromatic N) is 2. The largest absolute Gasteiger partial charge is 0.466 e. The number of piperidine rings is 1. The van der Waals surface area contributed by atoms with Crippen LogP contribution < -0.4 is 5.32 Å². The second-order valence-corrected chi connectivity index (χ2v) is 8.88. The Morgan fingerprint density at radius 2 is 1.82 bits per heavy atom. The van der Waals surface area contributed by atoms with E-state index in [1.807, 2.05) is 32.6 Å². The number of carbonyl (C=O) groups is 2. The fourth-order valence-electron chi connectivity index (χ4n) is 3.53. The molecule has 2 fully saturated rings. The lowest BCUT2D eigenvalue weighted by Crippen LogP contribution is -2.44. The van der Waals surface area contributed by atoms with E-state index in [1.165, 1.54) is 0 Å². The number of likely N-dealkylation sites (tertiary alicyclic amines) is 1. The van der Waals surface area contributed by atoms with Gasteiger partial charge >= 0.3 is 12.1 Å². The number of carbonyl (C=O) groups excluding carboxylic acids is 2. The average molecular weight is 398 g/mol. The fraction of sp³-hybridized carbons (Fsp3) is 0.905. The summed E-state index contributed by atoms with van der Waals surface area (Å²) >= 11 is 0. The van der Waals surface area contributed by atoms with Gasteiger partial charge in [0.25, 0.3) is 0 Å². The number of nitrogens with one attached hydrogen (secondary N) is 1. The smallest absolute Gasteiger partial charge is 0.410 e. The summed E-state index contributed by atoms with van der Waals surface area (Å²) in [6.07, 6.45) is 5.63. The molecule has 0 spiro atoms. The first-order valence-electron chi connectivity index (χ1n) is 10.9. The lowest BCUT2D eigenvalue weighted by Gasteiger charge is -2.32. The van der Waals surface area contributed by atoms with Crippen LogP contribution in [0.3, 0.4) is 0 Å². The van der Waals surface area contributed by atoms with Crippen LogP contribution in [0.5, 0.6) is 0 Å². The molecule has 0 unspecified atom stereocenters. The van der Waals surface area contributed by atoms with Crippen molar-refractivity contribution in [1.82, 2.24) is 15.1 Å². The highest BCUT2D eigenvalue weighted by Gasteiger charge is 2.34. The number of hydrogen-bond donors (Lipinski definition) is 1. The summed E-state index contributed by atoms with van der Waals surface area (Å²) in [5.74, 6) is -0.104. The molecule has 7 heteroatoms. The molecule has 7 nitrogen and oxygen atoms in total. The topological polar surface area (TPSA) is 71.1 Å². The molecule has 0 aromatic rings. The Balaban J connectivity index is 1.58. The van der Waals surface area contributed by atoms with Crippen LogP contribution in [0.15, 0.2) is 0 Å². The molecule has 1 aliphatic carbocycles. The third-order valence-corrected chi connectivity index (χ3v) is 5.15. The molecule has 1 amide bonds. The first-order valence-corrected chi connectivity index (χ1v) is 10.9. The second-order valence-electron chi connectivity index (χ2n) is 8.88. The summed E-state index contributed by atoms with van der Waals surface area (Å²) in [6, 6.07) is 0.896. The quantitative estimate of drug-likeness (QED) is 0.451. The van der Waals surface area contributed by atoms with Crippen molar-refractivity contribution in [2.24, 2.45) is 0 Å². The Morgan fingerprint density at radius 3 is 2.39 bits per heavy atom. The van der Waals surface area contributed by atoms with Crippen LogP contribution >= 0.6 is 0 Å². The zero-order valence-electron chi connectivity index (χ0n) is 18.2. The van der Waals surface area contributed by atoms with Crippen molar-refractivity contribution in [3.8, 4) is 0 Å². The van der Waals surface area contributed by atoms with Gasteiger partial charge in [0.15, 0.2) is 0 Å². The number of esters is 1. The van der Waals surface area contributed by atoms with Gasteiger partial charge in [-0.3, -0.25) is 4.79 Å². The summed E-state index contributed by atoms with van der Waals surface area (Å²) in [6.45, 7) is 12.5. The summed E-state index contributed by atoms with van der Waals surface area (Å²) in [5, 5.41) is 3.63. The van der Waals surface area contributed by atoms with E-state index in [0.717, 1.165) is 64.8 Å². The van der Waals surface area contributed by atoms with Crippen molar-refractivity contribution in [1.29, 1.82) is 0 Å². The molecule has 1 saturated heterocycles. The predicted octanol–water partition coefficient (Wildman–Crippen LogP) is 2.78. The van der Waals surface area contributed by atoms with Crippen LogP contribution in [-0.2, 0) is 14.3 Å². The van der Waals surface area contributed by atoms with Crippen LogP contribution in [0.2, 0.25) is 0 Å². The summed E-state index contributed by atoms with van der Waals surface area (Å²) < 4.78 is 10.5. The van der Waals surface area contributed by atoms with E-state index in [9.17, 15) is 9.59 Å². The zero-order valence-corrected chi connectivity index (χ0v) is 18.2. The Kier molecular flexibility index (Phi) is 9.02. The van der Waals surface area contributed by atoms with Crippen molar-refractivity contribution in [2.45, 2.75) is 83.9 Å². The standard InChI is InChI=1S/C21H39N3O4/c1-5-27-19(25)11-16-23-14-9-17(10-15-23)22-12-6-13-24(18-7-8-18)20(26)28-21(2,3)4/h17-18,22H,5-16H2,1-4H3. The van der Waals surface area contributed by atoms with Crippen LogP contribution in [-0.4, -0.2) is 78.9 Å². The molecule has 162 valence electrons. The van der Waals surface area contributed by atoms with Crippen molar-refractivity contribution in [3.63, 3.8) is 0 Å². The molecule has 0 atom stereocenters. The molecule has 0 aromatic carbocycles. The van der Waals surface area contributed by atoms with Gasteiger partial charge in [-0.2, -0.15) is 0 Å². The van der Waals surface area contributed by atoms with Gasteiger partial charge in [0, 0.05) is 25.2 Å². The van der Waals surface area contributed by atoms with E-state index in [1.54, 1.807) is 0 Å². The van der Waals surface area contributed by atoms with E-state index >= 15 is 0 Å². The van der Waals surface area contributed by atoms with Gasteiger partial charge in [-0.05, 0) is 79.4 Å². The Hall–Kier alpha value is -1.34. The van der Waals surface area contributed by atoms with Crippen LogP contribution in [0.25, 0.3) is 0 Å². The third kappa shape index (κ3) is 8.78. The monoisotopic (exact) mass is 397 g/mol. The Labute approximate surface area is 170 Å². The van der Waals surface area contributed by atoms with Crippen LogP contribution in [0.1, 0.15) is 66.2 Å². The van der Waals surface area contributed by atoms with E-state index in [2.05, 4.69) is 10.2 Å². The molecular formula is C21H39N3O4. The summed E-state index contributed by atoms with van der Waals surface area (Å²) in [5.41, 5.74) is -0.441. The normalized spacial score (nSPS) is 18.7. The van der Waals surface area contributed by atoms with Crippen molar-refractivity contribution >= 4 is 12.1 Å². The van der Waals surface area contributed by atoms with E-state index in [-0.39, 0.29) is 12.1 Å². The molecule has 28 heavy (non-hydrogen) atoms. The van der Waals surface area contributed by atoms with Crippen molar-refractivity contribution < 1.29 is 19.1 Å². The van der Waals surface area contributed by atoms with Crippen LogP contribution in [0.4, 0.5) is 4.79 Å². The highest BCUT2D eigenvalue weighted by Crippen LogP contribution is 2.28. The minimum absolute atomic E-state index is 0.104. The maximum atomic E-state index is 12.4. The fourth-order valence-corrected chi connectivity index (χ4v) is 3.53. The van der Waals surface area contributed by atoms with Gasteiger partial charge in [0.1, 0.15) is 5.60 Å². The minimum atomic E-state index is -0.441. The number of ether oxygens (including phenoxy) is 2. The van der Waals surface area contributed by atoms with Gasteiger partial charge in [-0.1, -0.05) is 0 Å². The number of rotatable bonds is 10. The van der Waals surface area contributed by atoms with Gasteiger partial charge in [0.05, 0.1) is 13.0 Å². The molecule has 0 aromatic heterocycles. The molecule has 0 radical (unpaired) electrons. The molecular weight excluding hydrogens is 358 g/mol. The maximum absolute atomic E-state index is 12.4. The molecule has 1 saturated carbocycles. The zero-order chi connectivity index (χ0) is 20.6. The number of hydrogen-bond acceptors (Lipinski definition) is 6. The minimum Gasteiger partial charge on any atom is -0.466 e.